The van der Waals surface area contributed by atoms with Gasteiger partial charge in [-0.25, -0.2) is 0 Å². The van der Waals surface area contributed by atoms with E-state index in [4.69, 9.17) is 0 Å². The van der Waals surface area contributed by atoms with E-state index in [1.165, 1.54) is 44.9 Å². The first kappa shape index (κ1) is 10.8. The minimum absolute atomic E-state index is 0.163. The third kappa shape index (κ3) is 1.83. The maximum absolute atomic E-state index is 12.4. The van der Waals surface area contributed by atoms with Gasteiger partial charge in [-0.1, -0.05) is 26.7 Å². The lowest BCUT2D eigenvalue weighted by Gasteiger charge is -2.34. The van der Waals surface area contributed by atoms with Gasteiger partial charge in [0.15, 0.2) is 0 Å². The molecule has 3 aliphatic carbocycles. The third-order valence-corrected chi connectivity index (χ3v) is 5.23. The molecule has 0 aromatic carbocycles. The van der Waals surface area contributed by atoms with Crippen LogP contribution in [0.1, 0.15) is 65.2 Å². The molecule has 16 heavy (non-hydrogen) atoms. The monoisotopic (exact) mass is 220 g/mol. The van der Waals surface area contributed by atoms with E-state index in [0.29, 0.717) is 11.2 Å². The molecule has 0 aliphatic heterocycles. The van der Waals surface area contributed by atoms with Gasteiger partial charge in [-0.2, -0.15) is 0 Å². The first-order valence-electron chi connectivity index (χ1n) is 7.05. The Hall–Kier alpha value is -0.330. The summed E-state index contributed by atoms with van der Waals surface area (Å²) in [5.74, 6) is 2.30. The molecular formula is C15H24O. The van der Waals surface area contributed by atoms with Crippen molar-refractivity contribution in [3.8, 4) is 0 Å². The lowest BCUT2D eigenvalue weighted by molar-refractivity contribution is -0.127. The minimum atomic E-state index is 0.163. The zero-order chi connectivity index (χ0) is 11.4. The van der Waals surface area contributed by atoms with E-state index in [9.17, 15) is 4.79 Å². The SMILES string of the molecule is CC1(C)CC[C@@H]2C[C@]2(C(=O)CCC2CC2)C1. The van der Waals surface area contributed by atoms with E-state index >= 15 is 0 Å². The predicted molar refractivity (Wildman–Crippen MR) is 65.1 cm³/mol. The Morgan fingerprint density at radius 1 is 1.25 bits per heavy atom. The first-order valence-corrected chi connectivity index (χ1v) is 7.05. The van der Waals surface area contributed by atoms with Gasteiger partial charge in [-0.15, -0.1) is 0 Å². The van der Waals surface area contributed by atoms with Crippen molar-refractivity contribution >= 4 is 5.78 Å². The predicted octanol–water partition coefficient (Wildman–Crippen LogP) is 3.96. The van der Waals surface area contributed by atoms with Crippen LogP contribution < -0.4 is 0 Å². The summed E-state index contributed by atoms with van der Waals surface area (Å²) in [7, 11) is 0. The van der Waals surface area contributed by atoms with Crippen LogP contribution in [0.25, 0.3) is 0 Å². The Kier molecular flexibility index (Phi) is 2.25. The topological polar surface area (TPSA) is 17.1 Å². The molecule has 0 bridgehead atoms. The molecule has 0 unspecified atom stereocenters. The lowest BCUT2D eigenvalue weighted by atomic mass is 9.70. The summed E-state index contributed by atoms with van der Waals surface area (Å²) in [6.45, 7) is 4.69. The Balaban J connectivity index is 1.62. The average molecular weight is 220 g/mol. The second-order valence-corrected chi connectivity index (χ2v) is 7.34. The molecule has 0 amide bonds. The number of fused-ring (bicyclic) bond motifs is 1. The van der Waals surface area contributed by atoms with Crippen molar-refractivity contribution in [2.24, 2.45) is 22.7 Å². The second kappa shape index (κ2) is 3.34. The number of Topliss-reactive ketones (excluding diaryl/α,β-unsaturated/α-hetero) is 1. The van der Waals surface area contributed by atoms with Crippen molar-refractivity contribution in [1.29, 1.82) is 0 Å². The van der Waals surface area contributed by atoms with Crippen molar-refractivity contribution in [1.82, 2.24) is 0 Å². The van der Waals surface area contributed by atoms with Crippen LogP contribution in [0.4, 0.5) is 0 Å². The van der Waals surface area contributed by atoms with Gasteiger partial charge < -0.3 is 0 Å². The van der Waals surface area contributed by atoms with E-state index in [1.807, 2.05) is 0 Å². The minimum Gasteiger partial charge on any atom is -0.299 e. The molecule has 3 aliphatic rings. The van der Waals surface area contributed by atoms with Crippen molar-refractivity contribution in [3.05, 3.63) is 0 Å². The number of hydrogen-bond donors (Lipinski definition) is 0. The summed E-state index contributed by atoms with van der Waals surface area (Å²) in [4.78, 5) is 12.4. The first-order chi connectivity index (χ1) is 7.52. The number of hydrogen-bond acceptors (Lipinski definition) is 1. The Morgan fingerprint density at radius 2 is 2.00 bits per heavy atom. The highest BCUT2D eigenvalue weighted by Crippen LogP contribution is 2.66. The molecule has 3 saturated carbocycles. The molecule has 1 nitrogen and oxygen atoms in total. The van der Waals surface area contributed by atoms with Gasteiger partial charge in [0.05, 0.1) is 0 Å². The van der Waals surface area contributed by atoms with Crippen molar-refractivity contribution in [2.45, 2.75) is 65.2 Å². The molecule has 3 rings (SSSR count). The Bertz CT molecular complexity index is 313. The number of carbonyl (C=O) groups is 1. The van der Waals surface area contributed by atoms with Crippen LogP contribution in [0.15, 0.2) is 0 Å². The summed E-state index contributed by atoms with van der Waals surface area (Å²) in [6.07, 6.45) is 9.88. The van der Waals surface area contributed by atoms with Crippen LogP contribution in [0.3, 0.4) is 0 Å². The summed E-state index contributed by atoms with van der Waals surface area (Å²) >= 11 is 0. The van der Waals surface area contributed by atoms with Gasteiger partial charge in [-0.3, -0.25) is 4.79 Å². The normalized spacial score (nSPS) is 40.2. The van der Waals surface area contributed by atoms with Crippen LogP contribution in [-0.4, -0.2) is 5.78 Å². The molecule has 0 spiro atoms. The Morgan fingerprint density at radius 3 is 2.69 bits per heavy atom. The van der Waals surface area contributed by atoms with Crippen molar-refractivity contribution < 1.29 is 4.79 Å². The summed E-state index contributed by atoms with van der Waals surface area (Å²) in [5, 5.41) is 0. The van der Waals surface area contributed by atoms with Gasteiger partial charge in [0.2, 0.25) is 0 Å². The average Bonchev–Trinajstić information content (AvgIpc) is 3.07. The van der Waals surface area contributed by atoms with Crippen LogP contribution in [0.5, 0.6) is 0 Å². The van der Waals surface area contributed by atoms with E-state index in [-0.39, 0.29) is 5.41 Å². The number of carbonyl (C=O) groups excluding carboxylic acids is 1. The van der Waals surface area contributed by atoms with E-state index in [1.54, 1.807) is 0 Å². The molecule has 0 aromatic heterocycles. The molecule has 0 heterocycles. The van der Waals surface area contributed by atoms with Crippen molar-refractivity contribution in [2.75, 3.05) is 0 Å². The molecule has 2 atom stereocenters. The van der Waals surface area contributed by atoms with E-state index < -0.39 is 0 Å². The molecule has 0 radical (unpaired) electrons. The fourth-order valence-electron chi connectivity index (χ4n) is 3.91. The second-order valence-electron chi connectivity index (χ2n) is 7.34. The number of ketones is 1. The number of rotatable bonds is 4. The molecule has 0 aromatic rings. The fraction of sp³-hybridized carbons (Fsp3) is 0.933. The quantitative estimate of drug-likeness (QED) is 0.701. The largest absolute Gasteiger partial charge is 0.299 e. The summed E-state index contributed by atoms with van der Waals surface area (Å²) < 4.78 is 0. The van der Waals surface area contributed by atoms with Gasteiger partial charge in [0, 0.05) is 11.8 Å². The van der Waals surface area contributed by atoms with Crippen LogP contribution in [0.2, 0.25) is 0 Å². The van der Waals surface area contributed by atoms with E-state index in [0.717, 1.165) is 18.3 Å². The standard InChI is InChI=1S/C15H24O/c1-14(2)8-7-12-9-15(12,10-14)13(16)6-5-11-3-4-11/h11-12H,3-10H2,1-2H3/t12-,15+/m1/s1. The fourth-order valence-corrected chi connectivity index (χ4v) is 3.91. The third-order valence-electron chi connectivity index (χ3n) is 5.23. The smallest absolute Gasteiger partial charge is 0.139 e. The molecule has 0 saturated heterocycles. The van der Waals surface area contributed by atoms with Crippen LogP contribution in [-0.2, 0) is 4.79 Å². The zero-order valence-electron chi connectivity index (χ0n) is 10.7. The van der Waals surface area contributed by atoms with E-state index in [2.05, 4.69) is 13.8 Å². The Labute approximate surface area is 99.0 Å². The van der Waals surface area contributed by atoms with Gasteiger partial charge >= 0.3 is 0 Å². The highest BCUT2D eigenvalue weighted by atomic mass is 16.1. The van der Waals surface area contributed by atoms with Crippen LogP contribution in [0, 0.1) is 22.7 Å². The summed E-state index contributed by atoms with van der Waals surface area (Å²) in [5.41, 5.74) is 0.582. The maximum Gasteiger partial charge on any atom is 0.139 e. The van der Waals surface area contributed by atoms with Crippen molar-refractivity contribution in [3.63, 3.8) is 0 Å². The van der Waals surface area contributed by atoms with Gasteiger partial charge in [-0.05, 0) is 49.4 Å². The highest BCUT2D eigenvalue weighted by Gasteiger charge is 2.62. The maximum atomic E-state index is 12.4. The molecular weight excluding hydrogens is 196 g/mol. The summed E-state index contributed by atoms with van der Waals surface area (Å²) in [6, 6.07) is 0. The highest BCUT2D eigenvalue weighted by molar-refractivity contribution is 5.88. The molecule has 90 valence electrons. The lowest BCUT2D eigenvalue weighted by Crippen LogP contribution is -2.30. The zero-order valence-corrected chi connectivity index (χ0v) is 10.7. The van der Waals surface area contributed by atoms with Gasteiger partial charge in [0.1, 0.15) is 5.78 Å². The molecule has 3 fully saturated rings. The molecule has 1 heteroatoms. The van der Waals surface area contributed by atoms with Crippen LogP contribution >= 0.6 is 0 Å². The van der Waals surface area contributed by atoms with Gasteiger partial charge in [0.25, 0.3) is 0 Å². The molecule has 0 N–H and O–H groups in total.